The molecule has 0 N–H and O–H groups in total. The summed E-state index contributed by atoms with van der Waals surface area (Å²) < 4.78 is 4.89. The zero-order chi connectivity index (χ0) is 45.7. The van der Waals surface area contributed by atoms with Gasteiger partial charge in [-0.2, -0.15) is 0 Å². The number of nitrogens with zero attached hydrogens (tertiary/aromatic N) is 4. The molecule has 0 fully saturated rings. The highest BCUT2D eigenvalue weighted by atomic mass is 32.1. The van der Waals surface area contributed by atoms with Gasteiger partial charge in [0.15, 0.2) is 25.5 Å². The van der Waals surface area contributed by atoms with Crippen LogP contribution in [0.4, 0.5) is 0 Å². The minimum Gasteiger partial charge on any atom is -0.309 e. The summed E-state index contributed by atoms with van der Waals surface area (Å²) in [6.07, 6.45) is 0. The van der Waals surface area contributed by atoms with Gasteiger partial charge in [0.25, 0.3) is 0 Å². The van der Waals surface area contributed by atoms with Gasteiger partial charge in [0.05, 0.1) is 11.0 Å². The number of aromatic nitrogens is 4. The van der Waals surface area contributed by atoms with Crippen LogP contribution in [0.3, 0.4) is 0 Å². The van der Waals surface area contributed by atoms with Crippen LogP contribution in [-0.4, -0.2) is 27.6 Å². The molecule has 0 aliphatic rings. The van der Waals surface area contributed by atoms with E-state index in [1.54, 1.807) is 0 Å². The summed E-state index contributed by atoms with van der Waals surface area (Å²) in [5, 5.41) is 10.2. The van der Waals surface area contributed by atoms with E-state index in [0.29, 0.717) is 17.5 Å². The third-order valence-electron chi connectivity index (χ3n) is 13.6. The predicted molar refractivity (Wildman–Crippen MR) is 292 cm³/mol. The van der Waals surface area contributed by atoms with Gasteiger partial charge in [0, 0.05) is 53.3 Å². The van der Waals surface area contributed by atoms with E-state index in [0.717, 1.165) is 44.5 Å². The molecule has 3 heterocycles. The lowest BCUT2D eigenvalue weighted by Gasteiger charge is -2.34. The topological polar surface area (TPSA) is 43.6 Å². The average Bonchev–Trinajstić information content (AvgIpc) is 3.98. The molecule has 0 spiro atoms. The molecule has 4 nitrogen and oxygen atoms in total. The zero-order valence-corrected chi connectivity index (χ0v) is 39.3. The lowest BCUT2D eigenvalue weighted by Crippen LogP contribution is -2.74. The van der Waals surface area contributed by atoms with Crippen molar-refractivity contribution in [3.63, 3.8) is 0 Å². The third kappa shape index (κ3) is 6.91. The minimum atomic E-state index is -2.86. The Hall–Kier alpha value is -8.55. The van der Waals surface area contributed by atoms with Crippen LogP contribution in [0.25, 0.3) is 93.0 Å². The van der Waals surface area contributed by atoms with Crippen molar-refractivity contribution in [3.05, 3.63) is 255 Å². The maximum absolute atomic E-state index is 5.47. The Kier molecular flexibility index (Phi) is 10.00. The smallest absolute Gasteiger partial charge is 0.179 e. The molecule has 0 amide bonds. The molecule has 0 unspecified atom stereocenters. The molecule has 0 aliphatic heterocycles. The first-order chi connectivity index (χ1) is 34.2. The maximum Gasteiger partial charge on any atom is 0.179 e. The summed E-state index contributed by atoms with van der Waals surface area (Å²) in [5.41, 5.74) is 8.30. The van der Waals surface area contributed by atoms with E-state index in [-0.39, 0.29) is 0 Å². The summed E-state index contributed by atoms with van der Waals surface area (Å²) in [6, 6.07) is 92.0. The molecule has 0 saturated carbocycles. The quantitative estimate of drug-likeness (QED) is 0.107. The molecule has 0 aliphatic carbocycles. The summed E-state index contributed by atoms with van der Waals surface area (Å²) in [4.78, 5) is 16.3. The lowest BCUT2D eigenvalue weighted by atomic mass is 9.98. The van der Waals surface area contributed by atoms with Crippen LogP contribution in [0.2, 0.25) is 0 Å². The van der Waals surface area contributed by atoms with Crippen molar-refractivity contribution in [3.8, 4) is 51.0 Å². The second-order valence-corrected chi connectivity index (χ2v) is 22.4. The summed E-state index contributed by atoms with van der Waals surface area (Å²) in [7, 11) is -2.86. The first-order valence-corrected chi connectivity index (χ1v) is 26.2. The Morgan fingerprint density at radius 2 is 0.783 bits per heavy atom. The van der Waals surface area contributed by atoms with Crippen LogP contribution in [0.1, 0.15) is 0 Å². The van der Waals surface area contributed by atoms with Crippen LogP contribution >= 0.6 is 11.3 Å². The highest BCUT2D eigenvalue weighted by Crippen LogP contribution is 2.39. The summed E-state index contributed by atoms with van der Waals surface area (Å²) >= 11 is 1.83. The normalized spacial score (nSPS) is 11.8. The first kappa shape index (κ1) is 40.7. The monoisotopic (exact) mass is 914 g/mol. The Morgan fingerprint density at radius 1 is 0.304 bits per heavy atom. The molecule has 3 aromatic heterocycles. The molecule has 0 atom stereocenters. The number of rotatable bonds is 9. The SMILES string of the molecule is c1ccc([Si](c2ccccc2)(c2ccccc2)c2cccc(-c3nc(-c4cccc(-n5c6ccccc6c6ccccc65)c4)nc(-c4ccccc4-c4ccc5c(c4)sc4ccccc45)n3)c2)cc1. The molecule has 13 rings (SSSR count). The van der Waals surface area contributed by atoms with Crippen molar-refractivity contribution in [1.29, 1.82) is 0 Å². The number of thiophene rings is 1. The van der Waals surface area contributed by atoms with E-state index in [4.69, 9.17) is 15.0 Å². The molecule has 10 aromatic carbocycles. The number of para-hydroxylation sites is 2. The molecular weight excluding hydrogens is 873 g/mol. The minimum absolute atomic E-state index is 0.607. The lowest BCUT2D eigenvalue weighted by molar-refractivity contribution is 1.07. The first-order valence-electron chi connectivity index (χ1n) is 23.3. The Bertz CT molecular complexity index is 3880. The number of hydrogen-bond acceptors (Lipinski definition) is 4. The van der Waals surface area contributed by atoms with Crippen LogP contribution < -0.4 is 20.7 Å². The van der Waals surface area contributed by atoms with Crippen molar-refractivity contribution in [1.82, 2.24) is 19.5 Å². The van der Waals surface area contributed by atoms with Gasteiger partial charge in [0.2, 0.25) is 0 Å². The molecule has 69 heavy (non-hydrogen) atoms. The van der Waals surface area contributed by atoms with Crippen molar-refractivity contribution < 1.29 is 0 Å². The predicted octanol–water partition coefficient (Wildman–Crippen LogP) is 13.4. The van der Waals surface area contributed by atoms with Crippen LogP contribution in [-0.2, 0) is 0 Å². The van der Waals surface area contributed by atoms with Gasteiger partial charge in [-0.1, -0.05) is 218 Å². The molecule has 0 saturated heterocycles. The molecule has 0 radical (unpaired) electrons. The van der Waals surface area contributed by atoms with Crippen molar-refractivity contribution in [2.75, 3.05) is 0 Å². The van der Waals surface area contributed by atoms with Gasteiger partial charge < -0.3 is 4.57 Å². The van der Waals surface area contributed by atoms with E-state index in [9.17, 15) is 0 Å². The van der Waals surface area contributed by atoms with Gasteiger partial charge in [-0.3, -0.25) is 0 Å². The Labute approximate surface area is 405 Å². The van der Waals surface area contributed by atoms with Crippen LogP contribution in [0, 0.1) is 0 Å². The van der Waals surface area contributed by atoms with Crippen molar-refractivity contribution in [2.24, 2.45) is 0 Å². The maximum atomic E-state index is 5.47. The molecule has 6 heteroatoms. The average molecular weight is 915 g/mol. The second-order valence-electron chi connectivity index (χ2n) is 17.5. The van der Waals surface area contributed by atoms with Crippen molar-refractivity contribution in [2.45, 2.75) is 0 Å². The highest BCUT2D eigenvalue weighted by Gasteiger charge is 2.41. The van der Waals surface area contributed by atoms with Gasteiger partial charge in [0.1, 0.15) is 0 Å². The molecule has 0 bridgehead atoms. The Morgan fingerprint density at radius 3 is 1.42 bits per heavy atom. The van der Waals surface area contributed by atoms with Gasteiger partial charge in [-0.15, -0.1) is 11.3 Å². The fourth-order valence-electron chi connectivity index (χ4n) is 10.5. The zero-order valence-electron chi connectivity index (χ0n) is 37.4. The second kappa shape index (κ2) is 17.0. The Balaban J connectivity index is 1.03. The van der Waals surface area contributed by atoms with Crippen LogP contribution in [0.15, 0.2) is 255 Å². The molecule has 324 valence electrons. The highest BCUT2D eigenvalue weighted by molar-refractivity contribution is 7.25. The standard InChI is InChI=1S/C63H42N4SSi/c1-4-23-47(24-5-1)69(48-25-6-2-7-26-48,49-27-8-3-9-28-49)50-29-19-21-45(41-50)62-64-61(44-20-18-22-46(40-44)67-57-35-15-12-31-52(57)53-32-13-16-36-58(53)67)65-63(66-62)56-34-11-10-30-51(56)43-38-39-55-54-33-14-17-37-59(54)68-60(55)42-43/h1-42H. The van der Waals surface area contributed by atoms with E-state index in [1.807, 2.05) is 11.3 Å². The largest absolute Gasteiger partial charge is 0.309 e. The van der Waals surface area contributed by atoms with Crippen molar-refractivity contribution >= 4 is 82.1 Å². The third-order valence-corrected chi connectivity index (χ3v) is 19.5. The fraction of sp³-hybridized carbons (Fsp3) is 0. The summed E-state index contributed by atoms with van der Waals surface area (Å²) in [6.45, 7) is 0. The fourth-order valence-corrected chi connectivity index (χ4v) is 16.5. The number of hydrogen-bond donors (Lipinski definition) is 0. The van der Waals surface area contributed by atoms with Gasteiger partial charge in [-0.05, 0) is 68.3 Å². The van der Waals surface area contributed by atoms with E-state index in [2.05, 4.69) is 259 Å². The van der Waals surface area contributed by atoms with Gasteiger partial charge >= 0.3 is 0 Å². The number of fused-ring (bicyclic) bond motifs is 6. The summed E-state index contributed by atoms with van der Waals surface area (Å²) in [5.74, 6) is 1.84. The van der Waals surface area contributed by atoms with Crippen LogP contribution in [0.5, 0.6) is 0 Å². The van der Waals surface area contributed by atoms with E-state index in [1.165, 1.54) is 51.7 Å². The van der Waals surface area contributed by atoms with E-state index >= 15 is 0 Å². The molecular formula is C63H42N4SSi. The van der Waals surface area contributed by atoms with E-state index < -0.39 is 8.07 Å². The van der Waals surface area contributed by atoms with Gasteiger partial charge in [-0.25, -0.2) is 15.0 Å². The number of benzene rings is 10. The molecule has 13 aromatic rings.